The zero-order valence-corrected chi connectivity index (χ0v) is 19.1. The molecule has 7 nitrogen and oxygen atoms in total. The van der Waals surface area contributed by atoms with Crippen LogP contribution in [0.25, 0.3) is 5.69 Å². The van der Waals surface area contributed by atoms with Crippen LogP contribution in [0.5, 0.6) is 0 Å². The van der Waals surface area contributed by atoms with Crippen LogP contribution >= 0.6 is 23.4 Å². The Bertz CT molecular complexity index is 993. The minimum atomic E-state index is -3.06. The highest BCUT2D eigenvalue weighted by Gasteiger charge is 2.36. The van der Waals surface area contributed by atoms with E-state index in [1.165, 1.54) is 11.8 Å². The molecule has 158 valence electrons. The van der Waals surface area contributed by atoms with E-state index in [0.29, 0.717) is 16.6 Å². The molecule has 0 radical (unpaired) electrons. The van der Waals surface area contributed by atoms with E-state index in [1.807, 2.05) is 39.0 Å². The van der Waals surface area contributed by atoms with Crippen LogP contribution in [0.3, 0.4) is 0 Å². The van der Waals surface area contributed by atoms with Crippen LogP contribution in [0.2, 0.25) is 5.02 Å². The van der Waals surface area contributed by atoms with Crippen molar-refractivity contribution < 1.29 is 13.2 Å². The van der Waals surface area contributed by atoms with Gasteiger partial charge in [-0.15, -0.1) is 10.2 Å². The second-order valence-corrected chi connectivity index (χ2v) is 10.9. The molecule has 0 spiro atoms. The SMILES string of the molecule is CCC(C)N(C(=O)CSc1nncn1-c1ccc(C)c(Cl)c1)C1CCS(=O)(=O)C1. The molecular weight excluding hydrogens is 432 g/mol. The first-order valence-electron chi connectivity index (χ1n) is 9.52. The number of sulfone groups is 1. The van der Waals surface area contributed by atoms with Crippen LogP contribution in [-0.4, -0.2) is 63.3 Å². The number of thioether (sulfide) groups is 1. The van der Waals surface area contributed by atoms with E-state index >= 15 is 0 Å². The van der Waals surface area contributed by atoms with Gasteiger partial charge in [0.1, 0.15) is 6.33 Å². The molecule has 3 rings (SSSR count). The van der Waals surface area contributed by atoms with E-state index in [9.17, 15) is 13.2 Å². The first-order valence-corrected chi connectivity index (χ1v) is 12.7. The van der Waals surface area contributed by atoms with Gasteiger partial charge >= 0.3 is 0 Å². The van der Waals surface area contributed by atoms with Crippen LogP contribution in [0, 0.1) is 6.92 Å². The molecule has 0 saturated carbocycles. The molecule has 0 bridgehead atoms. The molecule has 29 heavy (non-hydrogen) atoms. The van der Waals surface area contributed by atoms with Crippen molar-refractivity contribution in [1.29, 1.82) is 0 Å². The molecule has 1 amide bonds. The Morgan fingerprint density at radius 3 is 2.83 bits per heavy atom. The van der Waals surface area contributed by atoms with E-state index in [2.05, 4.69) is 10.2 Å². The maximum Gasteiger partial charge on any atom is 0.233 e. The zero-order chi connectivity index (χ0) is 21.2. The molecule has 1 saturated heterocycles. The zero-order valence-electron chi connectivity index (χ0n) is 16.7. The van der Waals surface area contributed by atoms with E-state index < -0.39 is 9.84 Å². The van der Waals surface area contributed by atoms with Crippen molar-refractivity contribution in [2.75, 3.05) is 17.3 Å². The van der Waals surface area contributed by atoms with Crippen LogP contribution in [-0.2, 0) is 14.6 Å². The second kappa shape index (κ2) is 9.06. The standard InChI is InChI=1S/C19H25ClN4O3S2/c1-4-14(3)24(16-7-8-29(26,27)11-16)18(25)10-28-19-22-21-12-23(19)15-6-5-13(2)17(20)9-15/h5-6,9,12,14,16H,4,7-8,10-11H2,1-3H3. The predicted octanol–water partition coefficient (Wildman–Crippen LogP) is 3.14. The molecule has 0 aliphatic carbocycles. The number of carbonyl (C=O) groups is 1. The van der Waals surface area contributed by atoms with Crippen molar-refractivity contribution in [3.05, 3.63) is 35.1 Å². The van der Waals surface area contributed by atoms with E-state index in [-0.39, 0.29) is 35.2 Å². The molecule has 2 atom stereocenters. The fourth-order valence-electron chi connectivity index (χ4n) is 3.43. The van der Waals surface area contributed by atoms with Gasteiger partial charge in [0.25, 0.3) is 0 Å². The average Bonchev–Trinajstić information content (AvgIpc) is 3.28. The Kier molecular flexibility index (Phi) is 6.90. The number of hydrogen-bond acceptors (Lipinski definition) is 6. The summed E-state index contributed by atoms with van der Waals surface area (Å²) in [6.45, 7) is 5.89. The maximum absolute atomic E-state index is 13.0. The van der Waals surface area contributed by atoms with Gasteiger partial charge < -0.3 is 4.90 Å². The third-order valence-electron chi connectivity index (χ3n) is 5.23. The number of rotatable bonds is 7. The van der Waals surface area contributed by atoms with Crippen molar-refractivity contribution in [1.82, 2.24) is 19.7 Å². The minimum Gasteiger partial charge on any atom is -0.335 e. The van der Waals surface area contributed by atoms with E-state index in [1.54, 1.807) is 15.8 Å². The van der Waals surface area contributed by atoms with Crippen LogP contribution in [0.15, 0.2) is 29.7 Å². The van der Waals surface area contributed by atoms with Gasteiger partial charge in [0.05, 0.1) is 22.9 Å². The molecule has 1 fully saturated rings. The van der Waals surface area contributed by atoms with Gasteiger partial charge in [-0.2, -0.15) is 0 Å². The molecule has 1 aliphatic rings. The lowest BCUT2D eigenvalue weighted by Crippen LogP contribution is -2.47. The van der Waals surface area contributed by atoms with Crippen molar-refractivity contribution in [3.8, 4) is 5.69 Å². The Labute approximate surface area is 180 Å². The first-order chi connectivity index (χ1) is 13.7. The summed E-state index contributed by atoms with van der Waals surface area (Å²) in [6.07, 6.45) is 2.86. The molecule has 2 heterocycles. The number of carbonyl (C=O) groups excluding carboxylic acids is 1. The van der Waals surface area contributed by atoms with Crippen LogP contribution in [0.1, 0.15) is 32.3 Å². The third kappa shape index (κ3) is 5.13. The number of halogens is 1. The number of benzene rings is 1. The summed E-state index contributed by atoms with van der Waals surface area (Å²) in [5.74, 6) is 0.279. The number of nitrogens with zero attached hydrogens (tertiary/aromatic N) is 4. The predicted molar refractivity (Wildman–Crippen MR) is 115 cm³/mol. The van der Waals surface area contributed by atoms with Crippen molar-refractivity contribution in [2.45, 2.75) is 50.9 Å². The Hall–Kier alpha value is -1.58. The molecule has 1 aromatic carbocycles. The minimum absolute atomic E-state index is 0.0184. The quantitative estimate of drug-likeness (QED) is 0.595. The summed E-state index contributed by atoms with van der Waals surface area (Å²) >= 11 is 7.52. The van der Waals surface area contributed by atoms with Gasteiger partial charge in [0.15, 0.2) is 15.0 Å². The molecule has 2 unspecified atom stereocenters. The number of aromatic nitrogens is 3. The Morgan fingerprint density at radius 2 is 2.21 bits per heavy atom. The molecule has 0 N–H and O–H groups in total. The molecule has 2 aromatic rings. The van der Waals surface area contributed by atoms with E-state index in [0.717, 1.165) is 17.7 Å². The van der Waals surface area contributed by atoms with Gasteiger partial charge in [-0.25, -0.2) is 8.42 Å². The summed E-state index contributed by atoms with van der Waals surface area (Å²) < 4.78 is 25.6. The van der Waals surface area contributed by atoms with Crippen molar-refractivity contribution in [2.24, 2.45) is 0 Å². The smallest absolute Gasteiger partial charge is 0.233 e. The highest BCUT2D eigenvalue weighted by Crippen LogP contribution is 2.26. The van der Waals surface area contributed by atoms with Crippen molar-refractivity contribution in [3.63, 3.8) is 0 Å². The number of amides is 1. The highest BCUT2D eigenvalue weighted by molar-refractivity contribution is 7.99. The summed E-state index contributed by atoms with van der Waals surface area (Å²) in [7, 11) is -3.06. The molecular formula is C19H25ClN4O3S2. The third-order valence-corrected chi connectivity index (χ3v) is 8.32. The molecule has 1 aliphatic heterocycles. The average molecular weight is 457 g/mol. The normalized spacial score (nSPS) is 19.2. The van der Waals surface area contributed by atoms with Crippen LogP contribution in [0.4, 0.5) is 0 Å². The summed E-state index contributed by atoms with van der Waals surface area (Å²) in [5.41, 5.74) is 1.80. The van der Waals surface area contributed by atoms with Gasteiger partial charge in [0, 0.05) is 17.1 Å². The topological polar surface area (TPSA) is 85.2 Å². The lowest BCUT2D eigenvalue weighted by Gasteiger charge is -2.33. The lowest BCUT2D eigenvalue weighted by molar-refractivity contribution is -0.132. The first kappa shape index (κ1) is 22.1. The van der Waals surface area contributed by atoms with Gasteiger partial charge in [0.2, 0.25) is 5.91 Å². The summed E-state index contributed by atoms with van der Waals surface area (Å²) in [5, 5.41) is 9.33. The van der Waals surface area contributed by atoms with Crippen LogP contribution < -0.4 is 0 Å². The summed E-state index contributed by atoms with van der Waals surface area (Å²) in [4.78, 5) is 14.8. The van der Waals surface area contributed by atoms with Gasteiger partial charge in [-0.05, 0) is 44.4 Å². The second-order valence-electron chi connectivity index (χ2n) is 7.32. The largest absolute Gasteiger partial charge is 0.335 e. The maximum atomic E-state index is 13.0. The Balaban J connectivity index is 1.74. The van der Waals surface area contributed by atoms with Crippen molar-refractivity contribution >= 4 is 39.1 Å². The highest BCUT2D eigenvalue weighted by atomic mass is 35.5. The number of aryl methyl sites for hydroxylation is 1. The monoisotopic (exact) mass is 456 g/mol. The van der Waals surface area contributed by atoms with Gasteiger partial charge in [-0.1, -0.05) is 36.4 Å². The van der Waals surface area contributed by atoms with E-state index in [4.69, 9.17) is 11.6 Å². The lowest BCUT2D eigenvalue weighted by atomic mass is 10.1. The molecule has 1 aromatic heterocycles. The fourth-order valence-corrected chi connectivity index (χ4v) is 6.12. The van der Waals surface area contributed by atoms with Gasteiger partial charge in [-0.3, -0.25) is 9.36 Å². The fraction of sp³-hybridized carbons (Fsp3) is 0.526. The number of hydrogen-bond donors (Lipinski definition) is 0. The molecule has 10 heteroatoms. The summed E-state index contributed by atoms with van der Waals surface area (Å²) in [6, 6.07) is 5.40. The Morgan fingerprint density at radius 1 is 1.45 bits per heavy atom.